The Labute approximate surface area is 154 Å². The number of methoxy groups -OCH3 is 1. The van der Waals surface area contributed by atoms with Crippen LogP contribution < -0.4 is 10.1 Å². The van der Waals surface area contributed by atoms with Crippen molar-refractivity contribution in [2.75, 3.05) is 40.4 Å². The lowest BCUT2D eigenvalue weighted by Crippen LogP contribution is -2.48. The van der Waals surface area contributed by atoms with Crippen LogP contribution in [0.4, 0.5) is 0 Å². The number of hydrogen-bond acceptors (Lipinski definition) is 4. The number of aliphatic imine (C=N–C) groups is 1. The Balaban J connectivity index is 1.54. The highest BCUT2D eigenvalue weighted by Crippen LogP contribution is 2.21. The van der Waals surface area contributed by atoms with Crippen molar-refractivity contribution in [1.82, 2.24) is 20.0 Å². The number of aryl methyl sites for hydroxylation is 1. The molecule has 2 heterocycles. The van der Waals surface area contributed by atoms with Crippen LogP contribution in [0.15, 0.2) is 41.7 Å². The molecule has 1 aromatic carbocycles. The summed E-state index contributed by atoms with van der Waals surface area (Å²) in [4.78, 5) is 6.68. The van der Waals surface area contributed by atoms with Gasteiger partial charge in [0, 0.05) is 38.9 Å². The Morgan fingerprint density at radius 1 is 1.46 bits per heavy atom. The van der Waals surface area contributed by atoms with Crippen LogP contribution >= 0.6 is 0 Å². The van der Waals surface area contributed by atoms with Gasteiger partial charge in [-0.15, -0.1) is 0 Å². The van der Waals surface area contributed by atoms with E-state index in [1.165, 1.54) is 5.56 Å². The molecule has 26 heavy (non-hydrogen) atoms. The Bertz CT molecular complexity index is 743. The summed E-state index contributed by atoms with van der Waals surface area (Å²) < 4.78 is 13.0. The zero-order valence-electron chi connectivity index (χ0n) is 15.7. The number of benzene rings is 1. The Kier molecular flexibility index (Phi) is 6.12. The number of nitrogens with one attached hydrogen (secondary N) is 1. The van der Waals surface area contributed by atoms with Gasteiger partial charge in [0.15, 0.2) is 5.96 Å². The van der Waals surface area contributed by atoms with E-state index in [1.54, 1.807) is 11.8 Å². The monoisotopic (exact) mass is 357 g/mol. The highest BCUT2D eigenvalue weighted by molar-refractivity contribution is 5.80. The van der Waals surface area contributed by atoms with Crippen molar-refractivity contribution in [3.8, 4) is 5.75 Å². The fourth-order valence-corrected chi connectivity index (χ4v) is 3.13. The van der Waals surface area contributed by atoms with E-state index in [4.69, 9.17) is 9.47 Å². The maximum absolute atomic E-state index is 5.91. The molecule has 1 aliphatic heterocycles. The van der Waals surface area contributed by atoms with Crippen LogP contribution in [0.25, 0.3) is 0 Å². The molecule has 2 aromatic rings. The summed E-state index contributed by atoms with van der Waals surface area (Å²) in [5.74, 6) is 1.80. The quantitative estimate of drug-likeness (QED) is 0.651. The summed E-state index contributed by atoms with van der Waals surface area (Å²) in [5, 5.41) is 7.70. The van der Waals surface area contributed by atoms with Crippen molar-refractivity contribution in [2.45, 2.75) is 12.5 Å². The summed E-state index contributed by atoms with van der Waals surface area (Å²) >= 11 is 0. The van der Waals surface area contributed by atoms with Gasteiger partial charge in [-0.2, -0.15) is 5.10 Å². The standard InChI is InChI=1S/C19H27N5O2/c1-20-19(21-8-7-15-5-4-6-17(11-15)25-3)24-9-10-26-18(14-24)16-12-22-23(2)13-16/h4-6,11-13,18H,7-10,14H2,1-3H3,(H,20,21). The highest BCUT2D eigenvalue weighted by Gasteiger charge is 2.24. The zero-order valence-corrected chi connectivity index (χ0v) is 15.7. The van der Waals surface area contributed by atoms with E-state index in [2.05, 4.69) is 32.4 Å². The largest absolute Gasteiger partial charge is 0.497 e. The third kappa shape index (κ3) is 4.54. The molecule has 7 nitrogen and oxygen atoms in total. The SMILES string of the molecule is CN=C(NCCc1cccc(OC)c1)N1CCOC(c2cnn(C)c2)C1. The van der Waals surface area contributed by atoms with Crippen molar-refractivity contribution < 1.29 is 9.47 Å². The van der Waals surface area contributed by atoms with Crippen molar-refractivity contribution in [2.24, 2.45) is 12.0 Å². The maximum atomic E-state index is 5.91. The minimum atomic E-state index is 0.0226. The number of guanidine groups is 1. The molecule has 0 aliphatic carbocycles. The van der Waals surface area contributed by atoms with Gasteiger partial charge in [-0.25, -0.2) is 0 Å². The maximum Gasteiger partial charge on any atom is 0.193 e. The second kappa shape index (κ2) is 8.71. The molecule has 1 fully saturated rings. The van der Waals surface area contributed by atoms with Crippen LogP contribution in [-0.2, 0) is 18.2 Å². The molecular formula is C19H27N5O2. The van der Waals surface area contributed by atoms with Gasteiger partial charge in [-0.3, -0.25) is 9.67 Å². The molecule has 1 aliphatic rings. The average molecular weight is 357 g/mol. The lowest BCUT2D eigenvalue weighted by Gasteiger charge is -2.34. The Morgan fingerprint density at radius 2 is 2.35 bits per heavy atom. The second-order valence-corrected chi connectivity index (χ2v) is 6.33. The van der Waals surface area contributed by atoms with E-state index in [1.807, 2.05) is 38.6 Å². The Hall–Kier alpha value is -2.54. The number of morpholine rings is 1. The first kappa shape index (κ1) is 18.3. The molecule has 1 aromatic heterocycles. The van der Waals surface area contributed by atoms with E-state index in [0.717, 1.165) is 43.3 Å². The molecule has 0 spiro atoms. The normalized spacial score (nSPS) is 18.0. The topological polar surface area (TPSA) is 63.9 Å². The summed E-state index contributed by atoms with van der Waals surface area (Å²) in [7, 11) is 5.43. The first-order chi connectivity index (χ1) is 12.7. The van der Waals surface area contributed by atoms with E-state index in [0.29, 0.717) is 6.61 Å². The number of nitrogens with zero attached hydrogens (tertiary/aromatic N) is 4. The van der Waals surface area contributed by atoms with Gasteiger partial charge in [-0.05, 0) is 24.1 Å². The first-order valence-corrected chi connectivity index (χ1v) is 8.88. The van der Waals surface area contributed by atoms with E-state index in [-0.39, 0.29) is 6.10 Å². The molecular weight excluding hydrogens is 330 g/mol. The summed E-state index contributed by atoms with van der Waals surface area (Å²) in [6.45, 7) is 3.09. The van der Waals surface area contributed by atoms with Crippen molar-refractivity contribution in [3.05, 3.63) is 47.8 Å². The van der Waals surface area contributed by atoms with Gasteiger partial charge in [0.1, 0.15) is 11.9 Å². The van der Waals surface area contributed by atoms with E-state index in [9.17, 15) is 0 Å². The van der Waals surface area contributed by atoms with E-state index >= 15 is 0 Å². The summed E-state index contributed by atoms with van der Waals surface area (Å²) in [6.07, 6.45) is 4.81. The predicted molar refractivity (Wildman–Crippen MR) is 102 cm³/mol. The van der Waals surface area contributed by atoms with Crippen LogP contribution in [0, 0.1) is 0 Å². The molecule has 0 amide bonds. The summed E-state index contributed by atoms with van der Waals surface area (Å²) in [6, 6.07) is 8.16. The zero-order chi connectivity index (χ0) is 18.4. The fourth-order valence-electron chi connectivity index (χ4n) is 3.13. The first-order valence-electron chi connectivity index (χ1n) is 8.88. The van der Waals surface area contributed by atoms with Crippen molar-refractivity contribution in [1.29, 1.82) is 0 Å². The average Bonchev–Trinajstić information content (AvgIpc) is 3.12. The highest BCUT2D eigenvalue weighted by atomic mass is 16.5. The molecule has 0 saturated carbocycles. The molecule has 0 bridgehead atoms. The van der Waals surface area contributed by atoms with Gasteiger partial charge in [-0.1, -0.05) is 12.1 Å². The van der Waals surface area contributed by atoms with Crippen LogP contribution in [0.5, 0.6) is 5.75 Å². The second-order valence-electron chi connectivity index (χ2n) is 6.33. The molecule has 1 saturated heterocycles. The third-order valence-corrected chi connectivity index (χ3v) is 4.51. The van der Waals surface area contributed by atoms with Crippen LogP contribution in [-0.4, -0.2) is 61.0 Å². The minimum Gasteiger partial charge on any atom is -0.497 e. The van der Waals surface area contributed by atoms with Crippen LogP contribution in [0.3, 0.4) is 0 Å². The van der Waals surface area contributed by atoms with E-state index < -0.39 is 0 Å². The third-order valence-electron chi connectivity index (χ3n) is 4.51. The Morgan fingerprint density at radius 3 is 3.08 bits per heavy atom. The van der Waals surface area contributed by atoms with Crippen molar-refractivity contribution >= 4 is 5.96 Å². The lowest BCUT2D eigenvalue weighted by molar-refractivity contribution is -0.00800. The molecule has 3 rings (SSSR count). The van der Waals surface area contributed by atoms with Crippen LogP contribution in [0.2, 0.25) is 0 Å². The number of rotatable bonds is 5. The fraction of sp³-hybridized carbons (Fsp3) is 0.474. The number of aromatic nitrogens is 2. The predicted octanol–water partition coefficient (Wildman–Crippen LogP) is 1.62. The van der Waals surface area contributed by atoms with Gasteiger partial charge in [0.2, 0.25) is 0 Å². The molecule has 140 valence electrons. The molecule has 0 radical (unpaired) electrons. The van der Waals surface area contributed by atoms with Gasteiger partial charge >= 0.3 is 0 Å². The molecule has 7 heteroatoms. The molecule has 1 unspecified atom stereocenters. The lowest BCUT2D eigenvalue weighted by atomic mass is 10.1. The number of ether oxygens (including phenoxy) is 2. The van der Waals surface area contributed by atoms with Gasteiger partial charge in [0.05, 0.1) is 26.5 Å². The van der Waals surface area contributed by atoms with Crippen LogP contribution in [0.1, 0.15) is 17.2 Å². The van der Waals surface area contributed by atoms with Crippen molar-refractivity contribution in [3.63, 3.8) is 0 Å². The van der Waals surface area contributed by atoms with Gasteiger partial charge in [0.25, 0.3) is 0 Å². The number of hydrogen-bond donors (Lipinski definition) is 1. The molecule has 1 atom stereocenters. The minimum absolute atomic E-state index is 0.0226. The smallest absolute Gasteiger partial charge is 0.193 e. The van der Waals surface area contributed by atoms with Gasteiger partial charge < -0.3 is 19.7 Å². The summed E-state index contributed by atoms with van der Waals surface area (Å²) in [5.41, 5.74) is 2.34. The molecule has 1 N–H and O–H groups in total.